The monoisotopic (exact) mass is 574 g/mol. The minimum atomic E-state index is 0.696. The topological polar surface area (TPSA) is 38.9 Å². The lowest BCUT2D eigenvalue weighted by molar-refractivity contribution is 0.673. The first kappa shape index (κ1) is 25.4. The molecule has 0 saturated carbocycles. The number of aromatic nitrogens is 2. The highest BCUT2D eigenvalue weighted by Crippen LogP contribution is 2.37. The van der Waals surface area contributed by atoms with Crippen LogP contribution in [0.2, 0.25) is 0 Å². The van der Waals surface area contributed by atoms with E-state index in [1.165, 1.54) is 16.5 Å². The lowest BCUT2D eigenvalue weighted by Crippen LogP contribution is -1.95. The van der Waals surface area contributed by atoms with Crippen LogP contribution in [0.3, 0.4) is 0 Å². The quantitative estimate of drug-likeness (QED) is 0.210. The van der Waals surface area contributed by atoms with Crippen molar-refractivity contribution >= 4 is 43.6 Å². The summed E-state index contributed by atoms with van der Waals surface area (Å²) in [6.45, 7) is 0. The molecule has 0 aliphatic carbocycles. The molecule has 0 bridgehead atoms. The Balaban J connectivity index is 1.15. The van der Waals surface area contributed by atoms with Gasteiger partial charge in [0.1, 0.15) is 11.2 Å². The van der Waals surface area contributed by atoms with E-state index in [4.69, 9.17) is 14.4 Å². The molecule has 0 spiro atoms. The first-order valence-corrected chi connectivity index (χ1v) is 15.2. The van der Waals surface area contributed by atoms with Crippen LogP contribution in [-0.4, -0.2) is 9.97 Å². The minimum absolute atomic E-state index is 0.696. The SMILES string of the molecule is c1ccc(-c2ccc(-c3cccc(-c4nc(-c5ccc6c(c5)oc5c7ccccc7ccc65)c5ccccc5n4)c3)cc2)cc1. The Labute approximate surface area is 260 Å². The van der Waals surface area contributed by atoms with Gasteiger partial charge in [-0.1, -0.05) is 127 Å². The predicted molar refractivity (Wildman–Crippen MR) is 186 cm³/mol. The molecule has 0 radical (unpaired) electrons. The van der Waals surface area contributed by atoms with E-state index < -0.39 is 0 Å². The number of benzene rings is 7. The smallest absolute Gasteiger partial charge is 0.160 e. The highest BCUT2D eigenvalue weighted by Gasteiger charge is 2.15. The Bertz CT molecular complexity index is 2530. The van der Waals surface area contributed by atoms with Gasteiger partial charge in [-0.2, -0.15) is 0 Å². The van der Waals surface area contributed by atoms with Gasteiger partial charge in [0.2, 0.25) is 0 Å². The van der Waals surface area contributed by atoms with Gasteiger partial charge >= 0.3 is 0 Å². The molecular weight excluding hydrogens is 548 g/mol. The third-order valence-corrected chi connectivity index (χ3v) is 8.69. The number of hydrogen-bond acceptors (Lipinski definition) is 3. The van der Waals surface area contributed by atoms with Gasteiger partial charge in [0, 0.05) is 32.7 Å². The molecule has 0 unspecified atom stereocenters. The van der Waals surface area contributed by atoms with Crippen molar-refractivity contribution in [3.05, 3.63) is 158 Å². The molecule has 2 heterocycles. The molecule has 0 atom stereocenters. The van der Waals surface area contributed by atoms with Crippen LogP contribution in [0.5, 0.6) is 0 Å². The summed E-state index contributed by atoms with van der Waals surface area (Å²) in [6.07, 6.45) is 0. The number of hydrogen-bond donors (Lipinski definition) is 0. The van der Waals surface area contributed by atoms with Crippen LogP contribution in [0.1, 0.15) is 0 Å². The van der Waals surface area contributed by atoms with E-state index in [0.29, 0.717) is 5.82 Å². The molecule has 45 heavy (non-hydrogen) atoms. The molecule has 7 aromatic carbocycles. The lowest BCUT2D eigenvalue weighted by Gasteiger charge is -2.11. The lowest BCUT2D eigenvalue weighted by atomic mass is 9.99. The number of para-hydroxylation sites is 1. The fourth-order valence-corrected chi connectivity index (χ4v) is 6.40. The Hall–Kier alpha value is -6.06. The van der Waals surface area contributed by atoms with Crippen molar-refractivity contribution in [2.45, 2.75) is 0 Å². The third kappa shape index (κ3) is 4.37. The largest absolute Gasteiger partial charge is 0.455 e. The second-order valence-corrected chi connectivity index (χ2v) is 11.4. The van der Waals surface area contributed by atoms with Gasteiger partial charge in [-0.05, 0) is 58.0 Å². The van der Waals surface area contributed by atoms with E-state index in [1.54, 1.807) is 0 Å². The molecule has 210 valence electrons. The maximum absolute atomic E-state index is 6.51. The Morgan fingerprint density at radius 1 is 0.378 bits per heavy atom. The number of rotatable bonds is 4. The molecule has 9 rings (SSSR count). The van der Waals surface area contributed by atoms with Crippen molar-refractivity contribution in [3.8, 4) is 44.9 Å². The molecule has 3 nitrogen and oxygen atoms in total. The van der Waals surface area contributed by atoms with Gasteiger partial charge in [-0.15, -0.1) is 0 Å². The van der Waals surface area contributed by atoms with Gasteiger partial charge in [0.25, 0.3) is 0 Å². The van der Waals surface area contributed by atoms with Crippen LogP contribution in [-0.2, 0) is 0 Å². The van der Waals surface area contributed by atoms with E-state index in [2.05, 4.69) is 140 Å². The Morgan fingerprint density at radius 3 is 1.89 bits per heavy atom. The maximum atomic E-state index is 6.51. The van der Waals surface area contributed by atoms with Crippen LogP contribution < -0.4 is 0 Å². The van der Waals surface area contributed by atoms with Gasteiger partial charge < -0.3 is 4.42 Å². The van der Waals surface area contributed by atoms with Crippen molar-refractivity contribution in [1.29, 1.82) is 0 Å². The zero-order valence-electron chi connectivity index (χ0n) is 24.3. The average Bonchev–Trinajstić information content (AvgIpc) is 3.50. The Kier molecular flexibility index (Phi) is 5.82. The van der Waals surface area contributed by atoms with E-state index in [-0.39, 0.29) is 0 Å². The van der Waals surface area contributed by atoms with E-state index in [0.717, 1.165) is 66.2 Å². The maximum Gasteiger partial charge on any atom is 0.160 e. The standard InChI is InChI=1S/C42H26N2O/c1-2-9-27(10-3-1)28-17-19-29(20-18-28)31-12-8-13-33(25-31)42-43-38-16-7-6-15-37(38)40(44-42)32-22-23-35-36-24-21-30-11-4-5-14-34(30)41(36)45-39(35)26-32/h1-26H. The highest BCUT2D eigenvalue weighted by atomic mass is 16.3. The molecule has 0 aliphatic rings. The summed E-state index contributed by atoms with van der Waals surface area (Å²) in [5.41, 5.74) is 10.2. The first-order valence-electron chi connectivity index (χ1n) is 15.2. The van der Waals surface area contributed by atoms with Crippen LogP contribution in [0.15, 0.2) is 162 Å². The summed E-state index contributed by atoms with van der Waals surface area (Å²) in [6, 6.07) is 55.0. The third-order valence-electron chi connectivity index (χ3n) is 8.69. The molecular formula is C42H26N2O. The number of furan rings is 1. The summed E-state index contributed by atoms with van der Waals surface area (Å²) in [5.74, 6) is 0.696. The molecule has 0 aliphatic heterocycles. The van der Waals surface area contributed by atoms with Gasteiger partial charge in [-0.25, -0.2) is 9.97 Å². The van der Waals surface area contributed by atoms with Crippen LogP contribution >= 0.6 is 0 Å². The van der Waals surface area contributed by atoms with E-state index in [9.17, 15) is 0 Å². The molecule has 0 N–H and O–H groups in total. The normalized spacial score (nSPS) is 11.6. The van der Waals surface area contributed by atoms with Crippen LogP contribution in [0.4, 0.5) is 0 Å². The number of fused-ring (bicyclic) bond motifs is 6. The van der Waals surface area contributed by atoms with Crippen LogP contribution in [0.25, 0.3) is 88.5 Å². The fraction of sp³-hybridized carbons (Fsp3) is 0. The van der Waals surface area contributed by atoms with Gasteiger partial charge in [0.05, 0.1) is 11.2 Å². The van der Waals surface area contributed by atoms with Crippen molar-refractivity contribution in [2.75, 3.05) is 0 Å². The van der Waals surface area contributed by atoms with Crippen molar-refractivity contribution < 1.29 is 4.42 Å². The van der Waals surface area contributed by atoms with E-state index >= 15 is 0 Å². The summed E-state index contributed by atoms with van der Waals surface area (Å²) < 4.78 is 6.51. The first-order chi connectivity index (χ1) is 22.3. The second kappa shape index (κ2) is 10.3. The van der Waals surface area contributed by atoms with Crippen LogP contribution in [0, 0.1) is 0 Å². The summed E-state index contributed by atoms with van der Waals surface area (Å²) >= 11 is 0. The summed E-state index contributed by atoms with van der Waals surface area (Å²) in [5, 5.41) is 5.53. The molecule has 0 amide bonds. The summed E-state index contributed by atoms with van der Waals surface area (Å²) in [7, 11) is 0. The Morgan fingerprint density at radius 2 is 1.02 bits per heavy atom. The average molecular weight is 575 g/mol. The minimum Gasteiger partial charge on any atom is -0.455 e. The number of nitrogens with zero attached hydrogens (tertiary/aromatic N) is 2. The summed E-state index contributed by atoms with van der Waals surface area (Å²) in [4.78, 5) is 10.2. The predicted octanol–water partition coefficient (Wildman–Crippen LogP) is 11.4. The molecule has 3 heteroatoms. The van der Waals surface area contributed by atoms with Crippen molar-refractivity contribution in [1.82, 2.24) is 9.97 Å². The van der Waals surface area contributed by atoms with Crippen molar-refractivity contribution in [3.63, 3.8) is 0 Å². The zero-order valence-corrected chi connectivity index (χ0v) is 24.3. The zero-order chi connectivity index (χ0) is 29.7. The second-order valence-electron chi connectivity index (χ2n) is 11.4. The van der Waals surface area contributed by atoms with Crippen molar-refractivity contribution in [2.24, 2.45) is 0 Å². The molecule has 9 aromatic rings. The fourth-order valence-electron chi connectivity index (χ4n) is 6.40. The van der Waals surface area contributed by atoms with E-state index in [1.807, 2.05) is 18.2 Å². The molecule has 0 saturated heterocycles. The van der Waals surface area contributed by atoms with Gasteiger partial charge in [0.15, 0.2) is 5.82 Å². The highest BCUT2D eigenvalue weighted by molar-refractivity contribution is 6.15. The molecule has 2 aromatic heterocycles. The molecule has 0 fully saturated rings. The van der Waals surface area contributed by atoms with Gasteiger partial charge in [-0.3, -0.25) is 0 Å².